The van der Waals surface area contributed by atoms with Gasteiger partial charge in [0, 0.05) is 19.6 Å². The average molecular weight is 236 g/mol. The van der Waals surface area contributed by atoms with E-state index in [1.807, 2.05) is 0 Å². The Bertz CT molecular complexity index is 378. The van der Waals surface area contributed by atoms with Crippen LogP contribution in [0.4, 0.5) is 5.95 Å². The minimum absolute atomic E-state index is 0.0171. The van der Waals surface area contributed by atoms with Gasteiger partial charge in [0.05, 0.1) is 5.41 Å². The van der Waals surface area contributed by atoms with Crippen LogP contribution in [-0.2, 0) is 5.41 Å². The fourth-order valence-corrected chi connectivity index (χ4v) is 2.75. The molecule has 0 bridgehead atoms. The van der Waals surface area contributed by atoms with Gasteiger partial charge in [-0.25, -0.2) is 0 Å². The number of nitrogens with zero attached hydrogens (tertiary/aromatic N) is 3. The largest absolute Gasteiger partial charge is 0.338 e. The number of nitrogens with one attached hydrogen (secondary N) is 1. The summed E-state index contributed by atoms with van der Waals surface area (Å²) >= 11 is 0. The van der Waals surface area contributed by atoms with Crippen LogP contribution in [-0.4, -0.2) is 36.3 Å². The summed E-state index contributed by atoms with van der Waals surface area (Å²) in [7, 11) is 0. The van der Waals surface area contributed by atoms with E-state index in [0.717, 1.165) is 44.4 Å². The van der Waals surface area contributed by atoms with Crippen molar-refractivity contribution >= 4 is 5.95 Å². The Labute approximate surface area is 102 Å². The van der Waals surface area contributed by atoms with Gasteiger partial charge in [-0.15, -0.1) is 0 Å². The van der Waals surface area contributed by atoms with Crippen LogP contribution in [0.15, 0.2) is 4.52 Å². The summed E-state index contributed by atoms with van der Waals surface area (Å²) in [5, 5.41) is 7.54. The molecule has 1 N–H and O–H groups in total. The lowest BCUT2D eigenvalue weighted by Crippen LogP contribution is -2.41. The molecule has 17 heavy (non-hydrogen) atoms. The molecule has 3 heterocycles. The van der Waals surface area contributed by atoms with Crippen molar-refractivity contribution in [2.24, 2.45) is 0 Å². The van der Waals surface area contributed by atoms with Crippen LogP contribution in [0, 0.1) is 0 Å². The van der Waals surface area contributed by atoms with Crippen molar-refractivity contribution in [2.75, 3.05) is 31.1 Å². The molecular weight excluding hydrogens is 216 g/mol. The van der Waals surface area contributed by atoms with Crippen LogP contribution in [0.3, 0.4) is 0 Å². The molecule has 0 radical (unpaired) electrons. The Morgan fingerprint density at radius 1 is 1.29 bits per heavy atom. The molecule has 1 atom stereocenters. The molecule has 2 aliphatic rings. The highest BCUT2D eigenvalue weighted by Gasteiger charge is 2.35. The van der Waals surface area contributed by atoms with Gasteiger partial charge in [-0.3, -0.25) is 0 Å². The van der Waals surface area contributed by atoms with Gasteiger partial charge < -0.3 is 14.7 Å². The Hall–Kier alpha value is -1.10. The van der Waals surface area contributed by atoms with E-state index in [4.69, 9.17) is 4.52 Å². The van der Waals surface area contributed by atoms with E-state index >= 15 is 0 Å². The van der Waals surface area contributed by atoms with Crippen molar-refractivity contribution in [2.45, 2.75) is 38.0 Å². The third-order valence-electron chi connectivity index (χ3n) is 3.92. The van der Waals surface area contributed by atoms with Crippen molar-refractivity contribution < 1.29 is 4.52 Å². The van der Waals surface area contributed by atoms with Crippen molar-refractivity contribution in [3.63, 3.8) is 0 Å². The summed E-state index contributed by atoms with van der Waals surface area (Å²) in [4.78, 5) is 6.81. The Kier molecular flexibility index (Phi) is 2.78. The molecule has 2 saturated heterocycles. The number of hydrogen-bond acceptors (Lipinski definition) is 5. The molecule has 5 heteroatoms. The van der Waals surface area contributed by atoms with Gasteiger partial charge in [0.15, 0.2) is 0 Å². The van der Waals surface area contributed by atoms with Crippen LogP contribution < -0.4 is 10.2 Å². The van der Waals surface area contributed by atoms with Gasteiger partial charge in [-0.05, 0) is 44.3 Å². The predicted molar refractivity (Wildman–Crippen MR) is 65.2 cm³/mol. The van der Waals surface area contributed by atoms with Crippen LogP contribution in [0.5, 0.6) is 0 Å². The highest BCUT2D eigenvalue weighted by molar-refractivity contribution is 5.30. The summed E-state index contributed by atoms with van der Waals surface area (Å²) < 4.78 is 5.48. The molecule has 0 aromatic carbocycles. The van der Waals surface area contributed by atoms with Crippen molar-refractivity contribution in [1.29, 1.82) is 0 Å². The van der Waals surface area contributed by atoms with Crippen molar-refractivity contribution in [1.82, 2.24) is 15.5 Å². The van der Waals surface area contributed by atoms with Crippen LogP contribution in [0.1, 0.15) is 38.5 Å². The minimum atomic E-state index is 0.0171. The topological polar surface area (TPSA) is 54.2 Å². The smallest absolute Gasteiger partial charge is 0.266 e. The van der Waals surface area contributed by atoms with E-state index < -0.39 is 0 Å². The fourth-order valence-electron chi connectivity index (χ4n) is 2.75. The molecule has 0 saturated carbocycles. The maximum Gasteiger partial charge on any atom is 0.266 e. The molecule has 5 nitrogen and oxygen atoms in total. The normalized spacial score (nSPS) is 29.8. The van der Waals surface area contributed by atoms with Gasteiger partial charge in [-0.1, -0.05) is 0 Å². The lowest BCUT2D eigenvalue weighted by atomic mass is 9.83. The number of anilines is 1. The first-order chi connectivity index (χ1) is 8.28. The summed E-state index contributed by atoms with van der Waals surface area (Å²) in [6.07, 6.45) is 4.78. The third-order valence-corrected chi connectivity index (χ3v) is 3.92. The van der Waals surface area contributed by atoms with E-state index in [1.54, 1.807) is 0 Å². The van der Waals surface area contributed by atoms with E-state index in [0.29, 0.717) is 0 Å². The Morgan fingerprint density at radius 2 is 2.12 bits per heavy atom. The molecule has 94 valence electrons. The minimum Gasteiger partial charge on any atom is -0.338 e. The summed E-state index contributed by atoms with van der Waals surface area (Å²) in [5.41, 5.74) is 0.0171. The summed E-state index contributed by atoms with van der Waals surface area (Å²) in [5.74, 6) is 1.58. The predicted octanol–water partition coefficient (Wildman–Crippen LogP) is 1.31. The first kappa shape index (κ1) is 11.0. The third kappa shape index (κ3) is 2.04. The summed E-state index contributed by atoms with van der Waals surface area (Å²) in [6.45, 7) is 6.37. The number of rotatable bonds is 2. The molecule has 0 amide bonds. The molecule has 1 unspecified atom stereocenters. The SMILES string of the molecule is CC1(c2nc(N3CCCC3)no2)CCCNC1. The van der Waals surface area contributed by atoms with E-state index in [1.165, 1.54) is 19.3 Å². The van der Waals surface area contributed by atoms with Crippen molar-refractivity contribution in [3.05, 3.63) is 5.89 Å². The molecule has 2 fully saturated rings. The van der Waals surface area contributed by atoms with E-state index in [2.05, 4.69) is 27.3 Å². The lowest BCUT2D eigenvalue weighted by Gasteiger charge is -2.30. The maximum absolute atomic E-state index is 5.48. The molecular formula is C12H20N4O. The van der Waals surface area contributed by atoms with Gasteiger partial charge in [-0.2, -0.15) is 4.98 Å². The number of piperidine rings is 1. The zero-order valence-corrected chi connectivity index (χ0v) is 10.4. The summed E-state index contributed by atoms with van der Waals surface area (Å²) in [6, 6.07) is 0. The standard InChI is InChI=1S/C12H20N4O/c1-12(5-4-6-13-9-12)10-14-11(15-17-10)16-7-2-3-8-16/h13H,2-9H2,1H3. The average Bonchev–Trinajstić information content (AvgIpc) is 3.01. The highest BCUT2D eigenvalue weighted by atomic mass is 16.5. The zero-order chi connectivity index (χ0) is 11.7. The highest BCUT2D eigenvalue weighted by Crippen LogP contribution is 2.30. The quantitative estimate of drug-likeness (QED) is 0.839. The zero-order valence-electron chi connectivity index (χ0n) is 10.4. The van der Waals surface area contributed by atoms with Crippen molar-refractivity contribution in [3.8, 4) is 0 Å². The molecule has 2 aliphatic heterocycles. The van der Waals surface area contributed by atoms with Crippen LogP contribution in [0.25, 0.3) is 0 Å². The second-order valence-corrected chi connectivity index (χ2v) is 5.43. The lowest BCUT2D eigenvalue weighted by molar-refractivity contribution is 0.245. The second kappa shape index (κ2) is 4.29. The Morgan fingerprint density at radius 3 is 2.82 bits per heavy atom. The number of hydrogen-bond donors (Lipinski definition) is 1. The van der Waals surface area contributed by atoms with Gasteiger partial charge in [0.2, 0.25) is 5.89 Å². The van der Waals surface area contributed by atoms with Crippen LogP contribution >= 0.6 is 0 Å². The monoisotopic (exact) mass is 236 g/mol. The van der Waals surface area contributed by atoms with E-state index in [-0.39, 0.29) is 5.41 Å². The van der Waals surface area contributed by atoms with E-state index in [9.17, 15) is 0 Å². The molecule has 1 aromatic rings. The molecule has 0 aliphatic carbocycles. The number of aromatic nitrogens is 2. The molecule has 0 spiro atoms. The first-order valence-electron chi connectivity index (χ1n) is 6.58. The van der Waals surface area contributed by atoms with Gasteiger partial charge in [0.25, 0.3) is 5.95 Å². The second-order valence-electron chi connectivity index (χ2n) is 5.43. The fraction of sp³-hybridized carbons (Fsp3) is 0.833. The first-order valence-corrected chi connectivity index (χ1v) is 6.58. The maximum atomic E-state index is 5.48. The Balaban J connectivity index is 1.78. The van der Waals surface area contributed by atoms with Gasteiger partial charge in [0.1, 0.15) is 0 Å². The van der Waals surface area contributed by atoms with Crippen LogP contribution in [0.2, 0.25) is 0 Å². The van der Waals surface area contributed by atoms with Gasteiger partial charge >= 0.3 is 0 Å². The molecule has 3 rings (SSSR count). The molecule has 1 aromatic heterocycles.